The highest BCUT2D eigenvalue weighted by atomic mass is 32.2. The lowest BCUT2D eigenvalue weighted by Crippen LogP contribution is -2.42. The summed E-state index contributed by atoms with van der Waals surface area (Å²) in [5.41, 5.74) is 3.82. The minimum atomic E-state index is -0.177. The van der Waals surface area contributed by atoms with Crippen LogP contribution in [0.4, 0.5) is 0 Å². The number of nitrogens with zero attached hydrogens (tertiary/aromatic N) is 2. The average Bonchev–Trinajstić information content (AvgIpc) is 3.55. The highest BCUT2D eigenvalue weighted by molar-refractivity contribution is 7.98. The minimum absolute atomic E-state index is 0.0192. The number of hydrogen-bond donors (Lipinski definition) is 2. The maximum atomic E-state index is 13.5. The van der Waals surface area contributed by atoms with Gasteiger partial charge in [-0.25, -0.2) is 0 Å². The van der Waals surface area contributed by atoms with Gasteiger partial charge in [0.15, 0.2) is 0 Å². The summed E-state index contributed by atoms with van der Waals surface area (Å²) < 4.78 is 7.66. The third-order valence-electron chi connectivity index (χ3n) is 7.98. The number of H-pyrrole nitrogens is 1. The van der Waals surface area contributed by atoms with E-state index in [4.69, 9.17) is 4.74 Å². The number of ether oxygens (including phenoxy) is 1. The number of aromatic amines is 1. The predicted octanol–water partition coefficient (Wildman–Crippen LogP) is 3.87. The Kier molecular flexibility index (Phi) is 7.95. The number of fused-ring (bicyclic) bond motifs is 1. The van der Waals surface area contributed by atoms with Gasteiger partial charge in [-0.05, 0) is 57.4 Å². The lowest BCUT2D eigenvalue weighted by Gasteiger charge is -2.34. The van der Waals surface area contributed by atoms with Gasteiger partial charge in [-0.3, -0.25) is 14.4 Å². The molecule has 8 nitrogen and oxygen atoms in total. The Hall–Kier alpha value is -3.04. The van der Waals surface area contributed by atoms with Crippen LogP contribution in [0.25, 0.3) is 10.9 Å². The van der Waals surface area contributed by atoms with Crippen LogP contribution in [-0.4, -0.2) is 58.8 Å². The van der Waals surface area contributed by atoms with Gasteiger partial charge in [0.05, 0.1) is 18.1 Å². The molecular formula is C29H36N4O4S. The number of carbonyl (C=O) groups is 2. The van der Waals surface area contributed by atoms with E-state index in [1.54, 1.807) is 0 Å². The molecule has 2 amide bonds. The summed E-state index contributed by atoms with van der Waals surface area (Å²) in [5, 5.41) is 3.92. The van der Waals surface area contributed by atoms with Crippen molar-refractivity contribution < 1.29 is 14.3 Å². The van der Waals surface area contributed by atoms with Gasteiger partial charge in [0, 0.05) is 65.5 Å². The number of thioether (sulfide) groups is 1. The Bertz CT molecular complexity index is 1400. The minimum Gasteiger partial charge on any atom is -0.381 e. The highest BCUT2D eigenvalue weighted by Gasteiger charge is 2.31. The number of nitrogens with one attached hydrogen (secondary N) is 2. The summed E-state index contributed by atoms with van der Waals surface area (Å²) in [6.07, 6.45) is 4.65. The van der Waals surface area contributed by atoms with Crippen LogP contribution < -0.4 is 10.9 Å². The van der Waals surface area contributed by atoms with E-state index in [0.29, 0.717) is 30.3 Å². The standard InChI is InChI=1S/C29H36N4O4S/c1-18-14-25(38-3)23(27(34)31-18)15-30-28(35)26-19(2)33(24-7-5-4-6-22(24)26)16-20-8-11-32(12-9-20)29(36)21-10-13-37-17-21/h4-7,14,20-21H,8-13,15-17H2,1-3H3,(H,30,35)(H,31,34). The van der Waals surface area contributed by atoms with Crippen molar-refractivity contribution in [2.24, 2.45) is 11.8 Å². The molecule has 2 aliphatic rings. The molecule has 2 fully saturated rings. The molecule has 2 saturated heterocycles. The van der Waals surface area contributed by atoms with Crippen LogP contribution in [0.3, 0.4) is 0 Å². The molecule has 2 aliphatic heterocycles. The number of likely N-dealkylation sites (tertiary alicyclic amines) is 1. The second-order valence-electron chi connectivity index (χ2n) is 10.4. The fourth-order valence-electron chi connectivity index (χ4n) is 5.83. The summed E-state index contributed by atoms with van der Waals surface area (Å²) in [5.74, 6) is 0.508. The maximum Gasteiger partial charge on any atom is 0.254 e. The fourth-order valence-corrected chi connectivity index (χ4v) is 6.53. The summed E-state index contributed by atoms with van der Waals surface area (Å²) in [7, 11) is 0. The fraction of sp³-hybridized carbons (Fsp3) is 0.483. The molecule has 3 aromatic rings. The van der Waals surface area contributed by atoms with Crippen LogP contribution >= 0.6 is 11.8 Å². The number of amides is 2. The number of piperidine rings is 1. The molecule has 1 aromatic carbocycles. The van der Waals surface area contributed by atoms with Gasteiger partial charge in [-0.15, -0.1) is 11.8 Å². The lowest BCUT2D eigenvalue weighted by atomic mass is 9.95. The van der Waals surface area contributed by atoms with Crippen LogP contribution in [0.5, 0.6) is 0 Å². The van der Waals surface area contributed by atoms with Crippen molar-refractivity contribution in [2.75, 3.05) is 32.6 Å². The van der Waals surface area contributed by atoms with Gasteiger partial charge < -0.3 is 24.5 Å². The molecule has 38 heavy (non-hydrogen) atoms. The molecule has 1 unspecified atom stereocenters. The average molecular weight is 537 g/mol. The number of hydrogen-bond acceptors (Lipinski definition) is 5. The van der Waals surface area contributed by atoms with Crippen molar-refractivity contribution in [3.05, 3.63) is 63.2 Å². The van der Waals surface area contributed by atoms with Crippen molar-refractivity contribution in [1.29, 1.82) is 0 Å². The number of rotatable bonds is 7. The molecule has 0 saturated carbocycles. The first-order chi connectivity index (χ1) is 18.4. The first-order valence-electron chi connectivity index (χ1n) is 13.4. The SMILES string of the molecule is CSc1cc(C)[nH]c(=O)c1CNC(=O)c1c(C)n(CC2CCN(C(=O)C3CCOC3)CC2)c2ccccc12. The molecule has 9 heteroatoms. The second-order valence-corrected chi connectivity index (χ2v) is 11.3. The third kappa shape index (κ3) is 5.27. The van der Waals surface area contributed by atoms with Crippen LogP contribution in [-0.2, 0) is 22.6 Å². The van der Waals surface area contributed by atoms with Crippen molar-refractivity contribution in [1.82, 2.24) is 19.8 Å². The number of para-hydroxylation sites is 1. The van der Waals surface area contributed by atoms with Crippen LogP contribution in [0.1, 0.15) is 46.6 Å². The normalized spacial score (nSPS) is 18.3. The molecule has 1 atom stereocenters. The molecule has 0 bridgehead atoms. The Morgan fingerprint density at radius 1 is 1.16 bits per heavy atom. The molecule has 0 spiro atoms. The zero-order valence-corrected chi connectivity index (χ0v) is 23.2. The van der Waals surface area contributed by atoms with Gasteiger partial charge in [0.2, 0.25) is 5.91 Å². The maximum absolute atomic E-state index is 13.5. The number of benzene rings is 1. The molecule has 2 N–H and O–H groups in total. The number of aryl methyl sites for hydroxylation is 1. The second kappa shape index (κ2) is 11.4. The van der Waals surface area contributed by atoms with Crippen molar-refractivity contribution in [3.63, 3.8) is 0 Å². The van der Waals surface area contributed by atoms with E-state index in [1.807, 2.05) is 49.3 Å². The Balaban J connectivity index is 1.31. The highest BCUT2D eigenvalue weighted by Crippen LogP contribution is 2.30. The van der Waals surface area contributed by atoms with E-state index in [-0.39, 0.29) is 29.8 Å². The van der Waals surface area contributed by atoms with Crippen molar-refractivity contribution in [2.45, 2.75) is 51.1 Å². The smallest absolute Gasteiger partial charge is 0.254 e. The summed E-state index contributed by atoms with van der Waals surface area (Å²) in [6.45, 7) is 7.61. The molecule has 0 aliphatic carbocycles. The summed E-state index contributed by atoms with van der Waals surface area (Å²) >= 11 is 1.50. The first-order valence-corrected chi connectivity index (χ1v) is 14.6. The van der Waals surface area contributed by atoms with E-state index in [9.17, 15) is 14.4 Å². The summed E-state index contributed by atoms with van der Waals surface area (Å²) in [6, 6.07) is 9.95. The van der Waals surface area contributed by atoms with Crippen LogP contribution in [0.15, 0.2) is 40.0 Å². The zero-order chi connectivity index (χ0) is 26.8. The molecular weight excluding hydrogens is 500 g/mol. The van der Waals surface area contributed by atoms with Gasteiger partial charge >= 0.3 is 0 Å². The number of pyridine rings is 1. The number of aromatic nitrogens is 2. The van der Waals surface area contributed by atoms with Gasteiger partial charge in [0.25, 0.3) is 11.5 Å². The molecule has 2 aromatic heterocycles. The molecule has 0 radical (unpaired) electrons. The van der Waals surface area contributed by atoms with Crippen LogP contribution in [0.2, 0.25) is 0 Å². The number of carbonyl (C=O) groups excluding carboxylic acids is 2. The van der Waals surface area contributed by atoms with E-state index >= 15 is 0 Å². The zero-order valence-electron chi connectivity index (χ0n) is 22.3. The Morgan fingerprint density at radius 3 is 2.63 bits per heavy atom. The topological polar surface area (TPSA) is 96.4 Å². The quantitative estimate of drug-likeness (QED) is 0.447. The van der Waals surface area contributed by atoms with Gasteiger partial charge in [0.1, 0.15) is 0 Å². The first kappa shape index (κ1) is 26.6. The monoisotopic (exact) mass is 536 g/mol. The van der Waals surface area contributed by atoms with Crippen molar-refractivity contribution >= 4 is 34.5 Å². The predicted molar refractivity (Wildman–Crippen MR) is 150 cm³/mol. The lowest BCUT2D eigenvalue weighted by molar-refractivity contribution is -0.137. The molecule has 4 heterocycles. The largest absolute Gasteiger partial charge is 0.381 e. The Morgan fingerprint density at radius 2 is 1.92 bits per heavy atom. The molecule has 5 rings (SSSR count). The third-order valence-corrected chi connectivity index (χ3v) is 8.78. The Labute approximate surface area is 227 Å². The van der Waals surface area contributed by atoms with E-state index in [1.165, 1.54) is 11.8 Å². The van der Waals surface area contributed by atoms with Gasteiger partial charge in [-0.2, -0.15) is 0 Å². The van der Waals surface area contributed by atoms with E-state index in [0.717, 1.165) is 66.1 Å². The van der Waals surface area contributed by atoms with E-state index in [2.05, 4.69) is 20.9 Å². The van der Waals surface area contributed by atoms with Crippen LogP contribution in [0, 0.1) is 25.7 Å². The van der Waals surface area contributed by atoms with Crippen molar-refractivity contribution in [3.8, 4) is 0 Å². The molecule has 202 valence electrons. The van der Waals surface area contributed by atoms with E-state index < -0.39 is 0 Å². The van der Waals surface area contributed by atoms with Gasteiger partial charge in [-0.1, -0.05) is 18.2 Å². The summed E-state index contributed by atoms with van der Waals surface area (Å²) in [4.78, 5) is 44.5.